The largest absolute Gasteiger partial charge is 0.481 e. The van der Waals surface area contributed by atoms with Gasteiger partial charge in [0.15, 0.2) is 0 Å². The number of carboxylic acids is 1. The summed E-state index contributed by atoms with van der Waals surface area (Å²) in [5.41, 5.74) is 1.74. The van der Waals surface area contributed by atoms with Gasteiger partial charge in [-0.05, 0) is 56.6 Å². The van der Waals surface area contributed by atoms with Crippen molar-refractivity contribution >= 4 is 11.7 Å². The molecule has 1 heterocycles. The van der Waals surface area contributed by atoms with E-state index in [0.717, 1.165) is 50.2 Å². The number of aliphatic hydroxyl groups excluding tert-OH is 1. The van der Waals surface area contributed by atoms with Gasteiger partial charge in [0.1, 0.15) is 0 Å². The highest BCUT2D eigenvalue weighted by Gasteiger charge is 2.24. The maximum absolute atomic E-state index is 10.8. The van der Waals surface area contributed by atoms with Crippen LogP contribution in [-0.4, -0.2) is 34.3 Å². The fourth-order valence-corrected chi connectivity index (χ4v) is 3.41. The molecule has 2 rings (SSSR count). The molecular weight excluding hydrogens is 280 g/mol. The molecule has 2 N–H and O–H groups in total. The van der Waals surface area contributed by atoms with E-state index in [1.807, 2.05) is 12.1 Å². The molecular formula is C17H26N2O3. The van der Waals surface area contributed by atoms with Crippen molar-refractivity contribution in [3.05, 3.63) is 24.0 Å². The van der Waals surface area contributed by atoms with Gasteiger partial charge in [0.2, 0.25) is 0 Å². The van der Waals surface area contributed by atoms with E-state index in [0.29, 0.717) is 18.3 Å². The molecule has 1 aliphatic carbocycles. The van der Waals surface area contributed by atoms with E-state index in [1.165, 1.54) is 0 Å². The van der Waals surface area contributed by atoms with E-state index in [9.17, 15) is 9.90 Å². The lowest BCUT2D eigenvalue weighted by Gasteiger charge is -2.33. The van der Waals surface area contributed by atoms with Gasteiger partial charge in [-0.1, -0.05) is 0 Å². The Hall–Kier alpha value is -1.62. The molecule has 0 saturated heterocycles. The van der Waals surface area contributed by atoms with Crippen molar-refractivity contribution in [1.29, 1.82) is 0 Å². The molecule has 22 heavy (non-hydrogen) atoms. The summed E-state index contributed by atoms with van der Waals surface area (Å²) in [5, 5.41) is 18.3. The number of hydrogen-bond donors (Lipinski definition) is 2. The summed E-state index contributed by atoms with van der Waals surface area (Å²) in [6.45, 7) is 3.91. The summed E-state index contributed by atoms with van der Waals surface area (Å²) in [6, 6.07) is 3.92. The van der Waals surface area contributed by atoms with Crippen molar-refractivity contribution in [2.75, 3.05) is 18.0 Å². The first-order chi connectivity index (χ1) is 10.6. The molecule has 0 radical (unpaired) electrons. The van der Waals surface area contributed by atoms with Crippen LogP contribution in [0.4, 0.5) is 5.69 Å². The minimum Gasteiger partial charge on any atom is -0.481 e. The number of hydrogen-bond acceptors (Lipinski definition) is 4. The van der Waals surface area contributed by atoms with Crippen LogP contribution >= 0.6 is 0 Å². The topological polar surface area (TPSA) is 73.7 Å². The summed E-state index contributed by atoms with van der Waals surface area (Å²) in [7, 11) is 0. The third-order valence-electron chi connectivity index (χ3n) is 4.65. The second-order valence-corrected chi connectivity index (χ2v) is 6.15. The number of carbonyl (C=O) groups is 1. The number of pyridine rings is 1. The van der Waals surface area contributed by atoms with E-state index in [4.69, 9.17) is 5.11 Å². The minimum atomic E-state index is -0.679. The van der Waals surface area contributed by atoms with Crippen molar-refractivity contribution in [2.24, 2.45) is 11.8 Å². The highest BCUT2D eigenvalue weighted by molar-refractivity contribution is 5.67. The molecule has 0 bridgehead atoms. The average Bonchev–Trinajstić information content (AvgIpc) is 2.53. The first-order valence-corrected chi connectivity index (χ1v) is 8.15. The Morgan fingerprint density at radius 2 is 2.00 bits per heavy atom. The average molecular weight is 306 g/mol. The SMILES string of the molecule is CCN(CC1CCC(CC(=O)O)CC1)c1cccnc1CO. The van der Waals surface area contributed by atoms with Crippen LogP contribution in [-0.2, 0) is 11.4 Å². The molecule has 5 nitrogen and oxygen atoms in total. The molecule has 0 amide bonds. The van der Waals surface area contributed by atoms with Gasteiger partial charge in [-0.15, -0.1) is 0 Å². The van der Waals surface area contributed by atoms with Gasteiger partial charge in [0, 0.05) is 25.7 Å². The Morgan fingerprint density at radius 3 is 2.59 bits per heavy atom. The number of aromatic nitrogens is 1. The number of rotatable bonds is 7. The van der Waals surface area contributed by atoms with Gasteiger partial charge in [-0.25, -0.2) is 0 Å². The predicted octanol–water partition coefficient (Wildman–Crippen LogP) is 2.68. The monoisotopic (exact) mass is 306 g/mol. The molecule has 1 fully saturated rings. The van der Waals surface area contributed by atoms with Crippen LogP contribution < -0.4 is 4.90 Å². The maximum atomic E-state index is 10.8. The molecule has 5 heteroatoms. The lowest BCUT2D eigenvalue weighted by Crippen LogP contribution is -2.32. The van der Waals surface area contributed by atoms with E-state index in [2.05, 4.69) is 16.8 Å². The third kappa shape index (κ3) is 4.44. The molecule has 122 valence electrons. The van der Waals surface area contributed by atoms with Crippen LogP contribution in [0.15, 0.2) is 18.3 Å². The molecule has 0 aliphatic heterocycles. The van der Waals surface area contributed by atoms with Crippen molar-refractivity contribution in [1.82, 2.24) is 4.98 Å². The van der Waals surface area contributed by atoms with Gasteiger partial charge in [0.25, 0.3) is 0 Å². The highest BCUT2D eigenvalue weighted by Crippen LogP contribution is 2.32. The third-order valence-corrected chi connectivity index (χ3v) is 4.65. The molecule has 1 saturated carbocycles. The number of carboxylic acid groups (broad SMARTS) is 1. The van der Waals surface area contributed by atoms with Gasteiger partial charge in [-0.3, -0.25) is 9.78 Å². The summed E-state index contributed by atoms with van der Waals surface area (Å²) >= 11 is 0. The first kappa shape index (κ1) is 16.7. The van der Waals surface area contributed by atoms with Crippen molar-refractivity contribution in [2.45, 2.75) is 45.6 Å². The predicted molar refractivity (Wildman–Crippen MR) is 85.7 cm³/mol. The number of aliphatic hydroxyl groups is 1. The number of aliphatic carboxylic acids is 1. The second kappa shape index (κ2) is 8.13. The van der Waals surface area contributed by atoms with Gasteiger partial charge in [0.05, 0.1) is 18.0 Å². The molecule has 0 atom stereocenters. The van der Waals surface area contributed by atoms with Crippen LogP contribution in [0.1, 0.15) is 44.7 Å². The summed E-state index contributed by atoms with van der Waals surface area (Å²) in [4.78, 5) is 17.3. The Morgan fingerprint density at radius 1 is 1.32 bits per heavy atom. The van der Waals surface area contributed by atoms with Crippen molar-refractivity contribution in [3.63, 3.8) is 0 Å². The Bertz CT molecular complexity index is 485. The van der Waals surface area contributed by atoms with Gasteiger partial charge >= 0.3 is 5.97 Å². The molecule has 1 aromatic rings. The molecule has 1 aliphatic rings. The first-order valence-electron chi connectivity index (χ1n) is 8.15. The van der Waals surface area contributed by atoms with E-state index < -0.39 is 5.97 Å². The summed E-state index contributed by atoms with van der Waals surface area (Å²) in [6.07, 6.45) is 6.21. The quantitative estimate of drug-likeness (QED) is 0.810. The Kier molecular flexibility index (Phi) is 6.19. The lowest BCUT2D eigenvalue weighted by atomic mass is 9.80. The summed E-state index contributed by atoms with van der Waals surface area (Å²) < 4.78 is 0. The Balaban J connectivity index is 1.93. The molecule has 0 spiro atoms. The van der Waals surface area contributed by atoms with E-state index >= 15 is 0 Å². The maximum Gasteiger partial charge on any atom is 0.303 e. The summed E-state index contributed by atoms with van der Waals surface area (Å²) in [5.74, 6) is 0.258. The van der Waals surface area contributed by atoms with Gasteiger partial charge < -0.3 is 15.1 Å². The molecule has 0 aromatic carbocycles. The number of anilines is 1. The standard InChI is InChI=1S/C17H26N2O3/c1-2-19(16-4-3-9-18-15(16)12-20)11-14-7-5-13(6-8-14)10-17(21)22/h3-4,9,13-14,20H,2,5-8,10-12H2,1H3,(H,21,22). The zero-order chi connectivity index (χ0) is 15.9. The van der Waals surface area contributed by atoms with E-state index in [-0.39, 0.29) is 6.61 Å². The second-order valence-electron chi connectivity index (χ2n) is 6.15. The van der Waals surface area contributed by atoms with Crippen LogP contribution in [0.5, 0.6) is 0 Å². The fourth-order valence-electron chi connectivity index (χ4n) is 3.41. The van der Waals surface area contributed by atoms with Gasteiger partial charge in [-0.2, -0.15) is 0 Å². The lowest BCUT2D eigenvalue weighted by molar-refractivity contribution is -0.138. The molecule has 0 unspecified atom stereocenters. The number of nitrogens with zero attached hydrogens (tertiary/aromatic N) is 2. The zero-order valence-electron chi connectivity index (χ0n) is 13.2. The van der Waals surface area contributed by atoms with E-state index in [1.54, 1.807) is 6.20 Å². The van der Waals surface area contributed by atoms with Crippen molar-refractivity contribution in [3.8, 4) is 0 Å². The van der Waals surface area contributed by atoms with Crippen LogP contribution in [0.3, 0.4) is 0 Å². The highest BCUT2D eigenvalue weighted by atomic mass is 16.4. The minimum absolute atomic E-state index is 0.0436. The van der Waals surface area contributed by atoms with Crippen molar-refractivity contribution < 1.29 is 15.0 Å². The zero-order valence-corrected chi connectivity index (χ0v) is 13.2. The van der Waals surface area contributed by atoms with Crippen LogP contribution in [0, 0.1) is 11.8 Å². The smallest absolute Gasteiger partial charge is 0.303 e. The normalized spacial score (nSPS) is 21.5. The van der Waals surface area contributed by atoms with Crippen LogP contribution in [0.25, 0.3) is 0 Å². The van der Waals surface area contributed by atoms with Crippen LogP contribution in [0.2, 0.25) is 0 Å². The fraction of sp³-hybridized carbons (Fsp3) is 0.647. The molecule has 1 aromatic heterocycles. The Labute approximate surface area is 132 Å².